The molecule has 0 fully saturated rings. The summed E-state index contributed by atoms with van der Waals surface area (Å²) in [4.78, 5) is 23.5. The van der Waals surface area contributed by atoms with Gasteiger partial charge in [0.1, 0.15) is 23.9 Å². The number of phenols is 1. The normalized spacial score (nSPS) is 10.9. The van der Waals surface area contributed by atoms with E-state index in [2.05, 4.69) is 15.8 Å². The van der Waals surface area contributed by atoms with Gasteiger partial charge in [-0.1, -0.05) is 25.0 Å². The van der Waals surface area contributed by atoms with Crippen molar-refractivity contribution in [3.8, 4) is 5.75 Å². The van der Waals surface area contributed by atoms with Gasteiger partial charge in [-0.2, -0.15) is 5.10 Å². The Morgan fingerprint density at radius 1 is 1.00 bits per heavy atom. The van der Waals surface area contributed by atoms with E-state index >= 15 is 0 Å². The molecule has 1 heterocycles. The van der Waals surface area contributed by atoms with Gasteiger partial charge in [-0.05, 0) is 37.1 Å². The minimum Gasteiger partial charge on any atom is -0.506 e. The highest BCUT2D eigenvalue weighted by atomic mass is 16.4. The van der Waals surface area contributed by atoms with E-state index in [0.29, 0.717) is 42.9 Å². The molecule has 0 aliphatic carbocycles. The van der Waals surface area contributed by atoms with Gasteiger partial charge in [0.05, 0.1) is 11.9 Å². The van der Waals surface area contributed by atoms with Gasteiger partial charge in [0, 0.05) is 12.8 Å². The predicted molar refractivity (Wildman–Crippen MR) is 105 cm³/mol. The Balaban J connectivity index is 1.52. The maximum absolute atomic E-state index is 11.8. The quantitative estimate of drug-likeness (QED) is 0.204. The van der Waals surface area contributed by atoms with Crippen molar-refractivity contribution in [3.05, 3.63) is 47.9 Å². The molecule has 28 heavy (non-hydrogen) atoms. The van der Waals surface area contributed by atoms with Gasteiger partial charge in [-0.25, -0.2) is 5.43 Å². The third-order valence-corrected chi connectivity index (χ3v) is 3.96. The first-order chi connectivity index (χ1) is 13.6. The molecule has 0 radical (unpaired) electrons. The van der Waals surface area contributed by atoms with E-state index < -0.39 is 0 Å². The van der Waals surface area contributed by atoms with Gasteiger partial charge in [0.2, 0.25) is 11.8 Å². The molecular formula is C20H25N3O5. The minimum absolute atomic E-state index is 0.0467. The molecule has 0 unspecified atom stereocenters. The molecule has 0 spiro atoms. The van der Waals surface area contributed by atoms with Gasteiger partial charge in [-0.3, -0.25) is 9.59 Å². The molecule has 0 aliphatic rings. The average Bonchev–Trinajstić information content (AvgIpc) is 3.14. The number of carbonyl (C=O) groups excluding carboxylic acids is 2. The number of aliphatic hydroxyl groups excluding tert-OH is 1. The van der Waals surface area contributed by atoms with Gasteiger partial charge in [0.15, 0.2) is 0 Å². The van der Waals surface area contributed by atoms with Crippen molar-refractivity contribution in [1.82, 2.24) is 5.43 Å². The summed E-state index contributed by atoms with van der Waals surface area (Å²) in [6.45, 7) is -0.184. The first-order valence-electron chi connectivity index (χ1n) is 9.18. The first-order valence-corrected chi connectivity index (χ1v) is 9.18. The molecule has 1 aromatic heterocycles. The lowest BCUT2D eigenvalue weighted by molar-refractivity contribution is -0.121. The number of aromatic hydroxyl groups is 1. The summed E-state index contributed by atoms with van der Waals surface area (Å²) in [5, 5.41) is 25.0. The zero-order valence-corrected chi connectivity index (χ0v) is 15.6. The molecule has 0 atom stereocenters. The predicted octanol–water partition coefficient (Wildman–Crippen LogP) is 2.91. The van der Waals surface area contributed by atoms with E-state index in [9.17, 15) is 14.7 Å². The van der Waals surface area contributed by atoms with Crippen LogP contribution in [0.25, 0.3) is 0 Å². The smallest absolute Gasteiger partial charge is 0.240 e. The molecule has 150 valence electrons. The van der Waals surface area contributed by atoms with Crippen LogP contribution in [0.1, 0.15) is 50.0 Å². The zero-order chi connectivity index (χ0) is 20.2. The fourth-order valence-electron chi connectivity index (χ4n) is 2.49. The molecule has 2 aromatic rings. The number of rotatable bonds is 11. The number of furan rings is 1. The monoisotopic (exact) mass is 387 g/mol. The largest absolute Gasteiger partial charge is 0.506 e. The standard InChI is InChI=1S/C20H25N3O5/c24-14-16-12-11-15(28-16)13-21-23-20(27)10-4-2-1-3-9-19(26)22-17-7-5-6-8-18(17)25/h5-8,11-13,24-25H,1-4,9-10,14H2,(H,22,26)(H,23,27)/b21-13+. The number of nitrogens with zero attached hydrogens (tertiary/aromatic N) is 1. The number of amides is 2. The van der Waals surface area contributed by atoms with Crippen LogP contribution in [0.3, 0.4) is 0 Å². The Kier molecular flexibility index (Phi) is 8.74. The minimum atomic E-state index is -0.192. The van der Waals surface area contributed by atoms with Crippen molar-refractivity contribution < 1.29 is 24.2 Å². The van der Waals surface area contributed by atoms with Crippen molar-refractivity contribution in [2.45, 2.75) is 45.1 Å². The Bertz CT molecular complexity index is 801. The first kappa shape index (κ1) is 21.2. The number of aliphatic hydroxyl groups is 1. The Morgan fingerprint density at radius 2 is 1.71 bits per heavy atom. The van der Waals surface area contributed by atoms with E-state index in [1.807, 2.05) is 0 Å². The molecule has 8 nitrogen and oxygen atoms in total. The van der Waals surface area contributed by atoms with Crippen LogP contribution in [0.15, 0.2) is 45.9 Å². The molecular weight excluding hydrogens is 362 g/mol. The van der Waals surface area contributed by atoms with Crippen molar-refractivity contribution in [2.24, 2.45) is 5.10 Å². The second kappa shape index (κ2) is 11.6. The molecule has 1 aromatic carbocycles. The second-order valence-electron chi connectivity index (χ2n) is 6.23. The van der Waals surface area contributed by atoms with Crippen LogP contribution < -0.4 is 10.7 Å². The van der Waals surface area contributed by atoms with Crippen LogP contribution in [0.5, 0.6) is 5.75 Å². The number of hydrogen-bond acceptors (Lipinski definition) is 6. The summed E-state index contributed by atoms with van der Waals surface area (Å²) in [6.07, 6.45) is 5.17. The van der Waals surface area contributed by atoms with Crippen molar-refractivity contribution in [1.29, 1.82) is 0 Å². The maximum Gasteiger partial charge on any atom is 0.240 e. The third-order valence-electron chi connectivity index (χ3n) is 3.96. The summed E-state index contributed by atoms with van der Waals surface area (Å²) < 4.78 is 5.21. The molecule has 0 saturated heterocycles. The van der Waals surface area contributed by atoms with Gasteiger partial charge >= 0.3 is 0 Å². The van der Waals surface area contributed by atoms with Gasteiger partial charge in [0.25, 0.3) is 0 Å². The third kappa shape index (κ3) is 7.63. The summed E-state index contributed by atoms with van der Waals surface area (Å²) in [7, 11) is 0. The Morgan fingerprint density at radius 3 is 2.39 bits per heavy atom. The zero-order valence-electron chi connectivity index (χ0n) is 15.6. The molecule has 8 heteroatoms. The highest BCUT2D eigenvalue weighted by Gasteiger charge is 2.06. The number of hydrazone groups is 1. The number of nitrogens with one attached hydrogen (secondary N) is 2. The molecule has 2 amide bonds. The van der Waals surface area contributed by atoms with Crippen molar-refractivity contribution in [3.63, 3.8) is 0 Å². The van der Waals surface area contributed by atoms with Crippen LogP contribution in [-0.2, 0) is 16.2 Å². The van der Waals surface area contributed by atoms with Crippen LogP contribution in [0.4, 0.5) is 5.69 Å². The maximum atomic E-state index is 11.8. The van der Waals surface area contributed by atoms with Crippen molar-refractivity contribution in [2.75, 3.05) is 5.32 Å². The molecule has 2 rings (SSSR count). The number of para-hydroxylation sites is 2. The SMILES string of the molecule is O=C(CCCCCCC(=O)Nc1ccccc1O)N/N=C/c1ccc(CO)o1. The molecule has 0 aliphatic heterocycles. The number of anilines is 1. The summed E-state index contributed by atoms with van der Waals surface area (Å²) >= 11 is 0. The number of hydrogen-bond donors (Lipinski definition) is 4. The summed E-state index contributed by atoms with van der Waals surface area (Å²) in [6, 6.07) is 9.88. The Hall–Kier alpha value is -3.13. The molecule has 4 N–H and O–H groups in total. The summed E-state index contributed by atoms with van der Waals surface area (Å²) in [5.41, 5.74) is 2.83. The van der Waals surface area contributed by atoms with E-state index in [4.69, 9.17) is 9.52 Å². The van der Waals surface area contributed by atoms with E-state index in [1.54, 1.807) is 30.3 Å². The number of phenolic OH excluding ortho intramolecular Hbond substituents is 1. The summed E-state index contributed by atoms with van der Waals surface area (Å²) in [5.74, 6) is 0.595. The molecule has 0 bridgehead atoms. The number of unbranched alkanes of at least 4 members (excludes halogenated alkanes) is 3. The fourth-order valence-corrected chi connectivity index (χ4v) is 2.49. The van der Waals surface area contributed by atoms with E-state index in [-0.39, 0.29) is 24.2 Å². The van der Waals surface area contributed by atoms with Crippen molar-refractivity contribution >= 4 is 23.7 Å². The lowest BCUT2D eigenvalue weighted by Crippen LogP contribution is -2.16. The van der Waals surface area contributed by atoms with Gasteiger partial charge in [-0.15, -0.1) is 0 Å². The average molecular weight is 387 g/mol. The highest BCUT2D eigenvalue weighted by molar-refractivity contribution is 5.92. The number of carbonyl (C=O) groups is 2. The highest BCUT2D eigenvalue weighted by Crippen LogP contribution is 2.21. The van der Waals surface area contributed by atoms with Crippen LogP contribution >= 0.6 is 0 Å². The fraction of sp³-hybridized carbons (Fsp3) is 0.350. The van der Waals surface area contributed by atoms with Gasteiger partial charge < -0.3 is 19.9 Å². The Labute approximate surface area is 163 Å². The lowest BCUT2D eigenvalue weighted by Gasteiger charge is -2.06. The second-order valence-corrected chi connectivity index (χ2v) is 6.23. The van der Waals surface area contributed by atoms with E-state index in [0.717, 1.165) is 12.8 Å². The van der Waals surface area contributed by atoms with Crippen LogP contribution in [-0.4, -0.2) is 28.2 Å². The number of benzene rings is 1. The topological polar surface area (TPSA) is 124 Å². The van der Waals surface area contributed by atoms with Crippen LogP contribution in [0, 0.1) is 0 Å². The lowest BCUT2D eigenvalue weighted by atomic mass is 10.1. The molecule has 0 saturated carbocycles. The van der Waals surface area contributed by atoms with Crippen LogP contribution in [0.2, 0.25) is 0 Å². The van der Waals surface area contributed by atoms with E-state index in [1.165, 1.54) is 12.3 Å².